The fraction of sp³-hybridized carbons (Fsp3) is 0.0870. The molecule has 31 heavy (non-hydrogen) atoms. The zero-order chi connectivity index (χ0) is 21.6. The van der Waals surface area contributed by atoms with Gasteiger partial charge in [-0.05, 0) is 29.7 Å². The molecule has 3 aromatic carbocycles. The number of para-hydroxylation sites is 1. The van der Waals surface area contributed by atoms with E-state index in [-0.39, 0.29) is 11.6 Å². The number of amidine groups is 1. The minimum absolute atomic E-state index is 0.00853. The number of amides is 1. The van der Waals surface area contributed by atoms with Gasteiger partial charge in [-0.25, -0.2) is 0 Å². The number of rotatable bonds is 6. The number of benzene rings is 3. The van der Waals surface area contributed by atoms with E-state index in [0.29, 0.717) is 17.3 Å². The Hall–Kier alpha value is -3.78. The van der Waals surface area contributed by atoms with Crippen LogP contribution in [0, 0.1) is 10.1 Å². The first-order valence-electron chi connectivity index (χ1n) is 9.57. The van der Waals surface area contributed by atoms with Crippen molar-refractivity contribution in [2.45, 2.75) is 11.7 Å². The molecular weight excluding hydrogens is 412 g/mol. The predicted molar refractivity (Wildman–Crippen MR) is 124 cm³/mol. The van der Waals surface area contributed by atoms with Gasteiger partial charge in [-0.2, -0.15) is 5.10 Å². The largest absolute Gasteiger partial charge is 0.273 e. The van der Waals surface area contributed by atoms with Gasteiger partial charge in [-0.3, -0.25) is 19.8 Å². The minimum Gasteiger partial charge on any atom is -0.273 e. The van der Waals surface area contributed by atoms with E-state index in [1.54, 1.807) is 23.2 Å². The standard InChI is InChI=1S/C23H18N4O3S/c28-22-21(15-18-10-7-13-20(14-18)27(29)30)31-23(26(22)19-11-5-2-6-12-19)25-24-16-17-8-3-1-4-9-17/h1-14,16,21H,15H2/b24-16-,25-23+/t21-/m0/s1. The van der Waals surface area contributed by atoms with E-state index in [4.69, 9.17) is 0 Å². The predicted octanol–water partition coefficient (Wildman–Crippen LogP) is 4.68. The molecule has 0 N–H and O–H groups in total. The molecule has 8 heteroatoms. The number of nitro groups is 1. The Labute approximate surface area is 183 Å². The maximum atomic E-state index is 13.2. The van der Waals surface area contributed by atoms with Crippen LogP contribution in [0.2, 0.25) is 0 Å². The topological polar surface area (TPSA) is 88.2 Å². The Bertz CT molecular complexity index is 1150. The van der Waals surface area contributed by atoms with Crippen LogP contribution in [-0.2, 0) is 11.2 Å². The third-order valence-electron chi connectivity index (χ3n) is 4.64. The highest BCUT2D eigenvalue weighted by Crippen LogP contribution is 2.34. The fourth-order valence-electron chi connectivity index (χ4n) is 3.18. The summed E-state index contributed by atoms with van der Waals surface area (Å²) in [7, 11) is 0. The van der Waals surface area contributed by atoms with Crippen molar-refractivity contribution in [3.8, 4) is 0 Å². The number of nitro benzene ring substituents is 1. The van der Waals surface area contributed by atoms with Gasteiger partial charge in [0.05, 0.1) is 22.1 Å². The Morgan fingerprint density at radius 1 is 1.00 bits per heavy atom. The number of thioether (sulfide) groups is 1. The van der Waals surface area contributed by atoms with Gasteiger partial charge < -0.3 is 0 Å². The lowest BCUT2D eigenvalue weighted by atomic mass is 10.1. The quantitative estimate of drug-likeness (QED) is 0.323. The van der Waals surface area contributed by atoms with Gasteiger partial charge in [0, 0.05) is 12.1 Å². The van der Waals surface area contributed by atoms with E-state index < -0.39 is 10.2 Å². The first-order valence-corrected chi connectivity index (χ1v) is 10.4. The number of non-ortho nitro benzene ring substituents is 1. The second-order valence-corrected chi connectivity index (χ2v) is 7.95. The highest BCUT2D eigenvalue weighted by atomic mass is 32.2. The van der Waals surface area contributed by atoms with Crippen molar-refractivity contribution >= 4 is 40.4 Å². The Balaban J connectivity index is 1.61. The molecule has 0 radical (unpaired) electrons. The average molecular weight is 430 g/mol. The molecule has 1 amide bonds. The average Bonchev–Trinajstić information content (AvgIpc) is 3.10. The summed E-state index contributed by atoms with van der Waals surface area (Å²) >= 11 is 1.31. The number of hydrogen-bond acceptors (Lipinski definition) is 6. The summed E-state index contributed by atoms with van der Waals surface area (Å²) in [5, 5.41) is 19.6. The third kappa shape index (κ3) is 4.87. The molecule has 1 saturated heterocycles. The van der Waals surface area contributed by atoms with Crippen molar-refractivity contribution in [3.63, 3.8) is 0 Å². The summed E-state index contributed by atoms with van der Waals surface area (Å²) in [6.07, 6.45) is 1.99. The minimum atomic E-state index is -0.451. The zero-order valence-corrected chi connectivity index (χ0v) is 17.2. The second kappa shape index (κ2) is 9.36. The van der Waals surface area contributed by atoms with Gasteiger partial charge in [-0.15, -0.1) is 5.10 Å². The summed E-state index contributed by atoms with van der Waals surface area (Å²) in [5.41, 5.74) is 2.34. The molecule has 4 rings (SSSR count). The number of nitrogens with zero attached hydrogens (tertiary/aromatic N) is 4. The second-order valence-electron chi connectivity index (χ2n) is 6.78. The number of hydrogen-bond donors (Lipinski definition) is 0. The summed E-state index contributed by atoms with van der Waals surface area (Å²) in [6.45, 7) is 0. The SMILES string of the molecule is O=C1[C@H](Cc2cccc([N+](=O)[O-])c2)S/C(=N/N=C\c2ccccc2)N1c1ccccc1. The van der Waals surface area contributed by atoms with E-state index in [1.807, 2.05) is 60.7 Å². The number of anilines is 1. The Morgan fingerprint density at radius 3 is 2.42 bits per heavy atom. The molecule has 0 spiro atoms. The van der Waals surface area contributed by atoms with E-state index in [1.165, 1.54) is 23.9 Å². The summed E-state index contributed by atoms with van der Waals surface area (Å²) < 4.78 is 0. The van der Waals surface area contributed by atoms with Gasteiger partial charge in [0.1, 0.15) is 0 Å². The Morgan fingerprint density at radius 2 is 1.71 bits per heavy atom. The monoisotopic (exact) mass is 430 g/mol. The van der Waals surface area contributed by atoms with Gasteiger partial charge in [0.15, 0.2) is 5.17 Å². The van der Waals surface area contributed by atoms with E-state index in [0.717, 1.165) is 11.1 Å². The van der Waals surface area contributed by atoms with Crippen LogP contribution in [0.5, 0.6) is 0 Å². The van der Waals surface area contributed by atoms with Crippen LogP contribution >= 0.6 is 11.8 Å². The molecule has 0 aliphatic carbocycles. The van der Waals surface area contributed by atoms with Crippen LogP contribution in [0.15, 0.2) is 95.1 Å². The maximum Gasteiger partial charge on any atom is 0.269 e. The molecule has 1 aliphatic heterocycles. The normalized spacial score (nSPS) is 17.5. The van der Waals surface area contributed by atoms with Crippen molar-refractivity contribution < 1.29 is 9.72 Å². The highest BCUT2D eigenvalue weighted by Gasteiger charge is 2.39. The van der Waals surface area contributed by atoms with Crippen molar-refractivity contribution in [1.82, 2.24) is 0 Å². The van der Waals surface area contributed by atoms with Gasteiger partial charge in [0.25, 0.3) is 5.69 Å². The lowest BCUT2D eigenvalue weighted by Gasteiger charge is -2.15. The van der Waals surface area contributed by atoms with Crippen molar-refractivity contribution in [2.75, 3.05) is 4.90 Å². The van der Waals surface area contributed by atoms with Gasteiger partial charge in [-0.1, -0.05) is 72.4 Å². The lowest BCUT2D eigenvalue weighted by Crippen LogP contribution is -2.32. The molecule has 0 bridgehead atoms. The molecule has 3 aromatic rings. The van der Waals surface area contributed by atoms with Crippen LogP contribution in [0.1, 0.15) is 11.1 Å². The Kier molecular flexibility index (Phi) is 6.18. The summed E-state index contributed by atoms with van der Waals surface area (Å²) in [4.78, 5) is 25.4. The molecule has 7 nitrogen and oxygen atoms in total. The molecule has 0 saturated carbocycles. The van der Waals surface area contributed by atoms with Gasteiger partial charge >= 0.3 is 0 Å². The summed E-state index contributed by atoms with van der Waals surface area (Å²) in [6, 6.07) is 25.2. The van der Waals surface area contributed by atoms with Crippen molar-refractivity contribution in [2.24, 2.45) is 10.2 Å². The van der Waals surface area contributed by atoms with Crippen LogP contribution in [-0.4, -0.2) is 27.5 Å². The smallest absolute Gasteiger partial charge is 0.269 e. The molecular formula is C23H18N4O3S. The van der Waals surface area contributed by atoms with Crippen LogP contribution in [0.3, 0.4) is 0 Å². The van der Waals surface area contributed by atoms with E-state index in [2.05, 4.69) is 10.2 Å². The fourth-order valence-corrected chi connectivity index (χ4v) is 4.31. The zero-order valence-electron chi connectivity index (χ0n) is 16.4. The highest BCUT2D eigenvalue weighted by molar-refractivity contribution is 8.16. The van der Waals surface area contributed by atoms with Crippen LogP contribution < -0.4 is 4.90 Å². The van der Waals surface area contributed by atoms with E-state index >= 15 is 0 Å². The van der Waals surface area contributed by atoms with Crippen LogP contribution in [0.25, 0.3) is 0 Å². The molecule has 154 valence electrons. The van der Waals surface area contributed by atoms with Crippen molar-refractivity contribution in [1.29, 1.82) is 0 Å². The lowest BCUT2D eigenvalue weighted by molar-refractivity contribution is -0.384. The summed E-state index contributed by atoms with van der Waals surface area (Å²) in [5.74, 6) is -0.128. The molecule has 1 aliphatic rings. The number of carbonyl (C=O) groups is 1. The van der Waals surface area contributed by atoms with Crippen LogP contribution in [0.4, 0.5) is 11.4 Å². The van der Waals surface area contributed by atoms with Gasteiger partial charge in [0.2, 0.25) is 5.91 Å². The third-order valence-corrected chi connectivity index (χ3v) is 5.77. The molecule has 1 atom stereocenters. The molecule has 1 heterocycles. The maximum absolute atomic E-state index is 13.2. The first-order chi connectivity index (χ1) is 15.1. The first kappa shape index (κ1) is 20.5. The van der Waals surface area contributed by atoms with E-state index in [9.17, 15) is 14.9 Å². The molecule has 0 aromatic heterocycles. The van der Waals surface area contributed by atoms with Crippen molar-refractivity contribution in [3.05, 3.63) is 106 Å². The molecule has 1 fully saturated rings. The number of carbonyl (C=O) groups excluding carboxylic acids is 1. The molecule has 0 unspecified atom stereocenters.